The zero-order chi connectivity index (χ0) is 20.1. The van der Waals surface area contributed by atoms with Crippen molar-refractivity contribution in [2.45, 2.75) is 19.2 Å². The lowest BCUT2D eigenvalue weighted by Crippen LogP contribution is -2.28. The van der Waals surface area contributed by atoms with Gasteiger partial charge in [0, 0.05) is 22.4 Å². The normalized spacial score (nSPS) is 12.0. The molecule has 5 nitrogen and oxygen atoms in total. The lowest BCUT2D eigenvalue weighted by Gasteiger charge is -2.05. The second-order valence-corrected chi connectivity index (χ2v) is 8.03. The first kappa shape index (κ1) is 20.2. The fourth-order valence-electron chi connectivity index (χ4n) is 2.52. The molecule has 0 aliphatic rings. The lowest BCUT2D eigenvalue weighted by atomic mass is 10.2. The van der Waals surface area contributed by atoms with Crippen LogP contribution < -0.4 is 5.32 Å². The van der Waals surface area contributed by atoms with Gasteiger partial charge in [-0.3, -0.25) is 9.00 Å². The Kier molecular flexibility index (Phi) is 6.59. The number of nitrogens with one attached hydrogen (secondary N) is 1. The molecule has 1 aromatic heterocycles. The molecule has 28 heavy (non-hydrogen) atoms. The fourth-order valence-corrected chi connectivity index (χ4v) is 3.71. The number of hydrogen-bond donors (Lipinski definition) is 1. The van der Waals surface area contributed by atoms with Crippen molar-refractivity contribution in [3.05, 3.63) is 76.4 Å². The first-order valence-corrected chi connectivity index (χ1v) is 10.4. The summed E-state index contributed by atoms with van der Waals surface area (Å²) in [5.74, 6) is -0.294. The van der Waals surface area contributed by atoms with Gasteiger partial charge in [0.05, 0.1) is 17.0 Å². The average molecular weight is 421 g/mol. The maximum Gasteiger partial charge on any atom is 0.232 e. The van der Waals surface area contributed by atoms with Crippen molar-refractivity contribution in [2.24, 2.45) is 0 Å². The molecule has 1 heterocycles. The lowest BCUT2D eigenvalue weighted by molar-refractivity contribution is -0.118. The number of rotatable bonds is 7. The van der Waals surface area contributed by atoms with Gasteiger partial charge in [0.2, 0.25) is 11.8 Å². The molecule has 0 radical (unpaired) electrons. The minimum absolute atomic E-state index is 0.0537. The van der Waals surface area contributed by atoms with E-state index in [2.05, 4.69) is 10.3 Å². The van der Waals surface area contributed by atoms with Crippen LogP contribution in [0.5, 0.6) is 0 Å². The molecule has 0 unspecified atom stereocenters. The zero-order valence-electron chi connectivity index (χ0n) is 15.1. The molecule has 3 aromatic rings. The zero-order valence-corrected chi connectivity index (χ0v) is 16.6. The van der Waals surface area contributed by atoms with E-state index in [1.54, 1.807) is 37.3 Å². The van der Waals surface area contributed by atoms with E-state index in [0.717, 1.165) is 5.56 Å². The highest BCUT2D eigenvalue weighted by Crippen LogP contribution is 2.24. The summed E-state index contributed by atoms with van der Waals surface area (Å²) < 4.78 is 31.7. The standard InChI is InChI=1S/C20H18ClFN2O3S/c1-13-18(24-20(27-13)16-4-2-3-5-17(16)22)11-28(26)12-19(25)23-10-14-6-8-15(21)9-7-14/h2-9H,10-12H2,1H3,(H,23,25)/t28-/m1/s1. The topological polar surface area (TPSA) is 72.2 Å². The number of oxazole rings is 1. The van der Waals surface area contributed by atoms with Crippen molar-refractivity contribution >= 4 is 28.3 Å². The van der Waals surface area contributed by atoms with E-state index in [-0.39, 0.29) is 28.9 Å². The molecule has 1 amide bonds. The van der Waals surface area contributed by atoms with Crippen LogP contribution in [0.25, 0.3) is 11.5 Å². The molecule has 3 rings (SSSR count). The molecule has 0 aliphatic heterocycles. The van der Waals surface area contributed by atoms with E-state index in [1.807, 2.05) is 12.1 Å². The summed E-state index contributed by atoms with van der Waals surface area (Å²) in [6.45, 7) is 2.00. The van der Waals surface area contributed by atoms with Gasteiger partial charge in [-0.25, -0.2) is 9.37 Å². The molecule has 0 fully saturated rings. The summed E-state index contributed by atoms with van der Waals surface area (Å²) in [5, 5.41) is 3.34. The predicted octanol–water partition coefficient (Wildman–Crippen LogP) is 4.01. The second kappa shape index (κ2) is 9.12. The van der Waals surface area contributed by atoms with Crippen LogP contribution >= 0.6 is 11.6 Å². The first-order valence-electron chi connectivity index (χ1n) is 8.49. The van der Waals surface area contributed by atoms with Crippen LogP contribution in [0.3, 0.4) is 0 Å². The smallest absolute Gasteiger partial charge is 0.232 e. The molecule has 1 atom stereocenters. The van der Waals surface area contributed by atoms with Crippen molar-refractivity contribution in [3.63, 3.8) is 0 Å². The molecule has 0 saturated carbocycles. The minimum atomic E-state index is -1.47. The Hall–Kier alpha value is -2.51. The van der Waals surface area contributed by atoms with Gasteiger partial charge >= 0.3 is 0 Å². The Balaban J connectivity index is 1.56. The van der Waals surface area contributed by atoms with Crippen molar-refractivity contribution in [2.75, 3.05) is 5.75 Å². The number of aromatic nitrogens is 1. The van der Waals surface area contributed by atoms with Crippen LogP contribution in [0.2, 0.25) is 5.02 Å². The van der Waals surface area contributed by atoms with Crippen molar-refractivity contribution in [1.29, 1.82) is 0 Å². The van der Waals surface area contributed by atoms with Crippen LogP contribution in [0, 0.1) is 12.7 Å². The summed E-state index contributed by atoms with van der Waals surface area (Å²) >= 11 is 5.82. The molecule has 0 saturated heterocycles. The van der Waals surface area contributed by atoms with Gasteiger partial charge in [-0.2, -0.15) is 0 Å². The summed E-state index contributed by atoms with van der Waals surface area (Å²) in [6.07, 6.45) is 0. The van der Waals surface area contributed by atoms with Gasteiger partial charge in [-0.05, 0) is 36.8 Å². The van der Waals surface area contributed by atoms with Gasteiger partial charge in [0.1, 0.15) is 17.3 Å². The van der Waals surface area contributed by atoms with E-state index in [9.17, 15) is 13.4 Å². The van der Waals surface area contributed by atoms with E-state index in [1.165, 1.54) is 6.07 Å². The SMILES string of the molecule is Cc1oc(-c2ccccc2F)nc1C[S@@](=O)CC(=O)NCc1ccc(Cl)cc1. The maximum atomic E-state index is 13.9. The van der Waals surface area contributed by atoms with Crippen molar-refractivity contribution in [3.8, 4) is 11.5 Å². The molecule has 8 heteroatoms. The highest BCUT2D eigenvalue weighted by molar-refractivity contribution is 7.84. The van der Waals surface area contributed by atoms with Gasteiger partial charge < -0.3 is 9.73 Å². The Morgan fingerprint density at radius 2 is 1.93 bits per heavy atom. The monoisotopic (exact) mass is 420 g/mol. The van der Waals surface area contributed by atoms with Crippen LogP contribution in [0.1, 0.15) is 17.0 Å². The number of nitrogens with zero attached hydrogens (tertiary/aromatic N) is 1. The van der Waals surface area contributed by atoms with Crippen molar-refractivity contribution < 1.29 is 17.8 Å². The minimum Gasteiger partial charge on any atom is -0.441 e. The van der Waals surface area contributed by atoms with E-state index >= 15 is 0 Å². The second-order valence-electron chi connectivity index (χ2n) is 6.13. The summed E-state index contributed by atoms with van der Waals surface area (Å²) in [4.78, 5) is 16.3. The van der Waals surface area contributed by atoms with Crippen LogP contribution in [-0.4, -0.2) is 20.9 Å². The summed E-state index contributed by atoms with van der Waals surface area (Å²) in [7, 11) is -1.47. The maximum absolute atomic E-state index is 13.9. The predicted molar refractivity (Wildman–Crippen MR) is 107 cm³/mol. The van der Waals surface area contributed by atoms with Gasteiger partial charge in [-0.1, -0.05) is 35.9 Å². The van der Waals surface area contributed by atoms with Gasteiger partial charge in [0.25, 0.3) is 0 Å². The highest BCUT2D eigenvalue weighted by Gasteiger charge is 2.17. The third-order valence-corrected chi connectivity index (χ3v) is 5.42. The third-order valence-electron chi connectivity index (χ3n) is 3.99. The number of aryl methyl sites for hydroxylation is 1. The molecule has 0 spiro atoms. The fraction of sp³-hybridized carbons (Fsp3) is 0.200. The average Bonchev–Trinajstić information content (AvgIpc) is 3.01. The number of carbonyl (C=O) groups is 1. The Morgan fingerprint density at radius 3 is 2.64 bits per heavy atom. The van der Waals surface area contributed by atoms with Gasteiger partial charge in [-0.15, -0.1) is 0 Å². The van der Waals surface area contributed by atoms with E-state index in [4.69, 9.17) is 16.0 Å². The van der Waals surface area contributed by atoms with Crippen molar-refractivity contribution in [1.82, 2.24) is 10.3 Å². The highest BCUT2D eigenvalue weighted by atomic mass is 35.5. The quantitative estimate of drug-likeness (QED) is 0.626. The Morgan fingerprint density at radius 1 is 1.21 bits per heavy atom. The van der Waals surface area contributed by atoms with Crippen LogP contribution in [0.15, 0.2) is 52.9 Å². The molecule has 2 aromatic carbocycles. The van der Waals surface area contributed by atoms with E-state index in [0.29, 0.717) is 23.0 Å². The number of halogens is 2. The number of hydrogen-bond acceptors (Lipinski definition) is 4. The molecule has 146 valence electrons. The van der Waals surface area contributed by atoms with E-state index < -0.39 is 16.6 Å². The molecular formula is C20H18ClFN2O3S. The number of carbonyl (C=O) groups excluding carboxylic acids is 1. The van der Waals surface area contributed by atoms with Gasteiger partial charge in [0.15, 0.2) is 0 Å². The first-order chi connectivity index (χ1) is 13.4. The Bertz CT molecular complexity index is 1000. The third kappa shape index (κ3) is 5.27. The molecule has 0 aliphatic carbocycles. The molecular weight excluding hydrogens is 403 g/mol. The van der Waals surface area contributed by atoms with Crippen LogP contribution in [-0.2, 0) is 27.9 Å². The largest absolute Gasteiger partial charge is 0.441 e. The number of benzene rings is 2. The van der Waals surface area contributed by atoms with Crippen LogP contribution in [0.4, 0.5) is 4.39 Å². The summed E-state index contributed by atoms with van der Waals surface area (Å²) in [6, 6.07) is 13.2. The Labute approximate surface area is 169 Å². The number of amides is 1. The summed E-state index contributed by atoms with van der Waals surface area (Å²) in [5.41, 5.74) is 1.58. The molecule has 0 bridgehead atoms. The molecule has 1 N–H and O–H groups in total.